The van der Waals surface area contributed by atoms with Gasteiger partial charge in [-0.05, 0) is 36.4 Å². The fraction of sp³-hybridized carbons (Fsp3) is 0. The third-order valence-electron chi connectivity index (χ3n) is 4.06. The van der Waals surface area contributed by atoms with Gasteiger partial charge in [0.1, 0.15) is 11.4 Å². The third kappa shape index (κ3) is 2.75. The van der Waals surface area contributed by atoms with Crippen molar-refractivity contribution in [2.24, 2.45) is 0 Å². The molecule has 0 saturated carbocycles. The fourth-order valence-corrected chi connectivity index (χ4v) is 2.91. The van der Waals surface area contributed by atoms with Crippen molar-refractivity contribution in [2.45, 2.75) is 0 Å². The third-order valence-corrected chi connectivity index (χ3v) is 4.06. The van der Waals surface area contributed by atoms with Gasteiger partial charge in [0.2, 0.25) is 0 Å². The average Bonchev–Trinajstić information content (AvgIpc) is 3.11. The number of hydrogen-bond donors (Lipinski definition) is 1. The highest BCUT2D eigenvalue weighted by atomic mass is 16.4. The van der Waals surface area contributed by atoms with Crippen LogP contribution in [0.5, 0.6) is 0 Å². The van der Waals surface area contributed by atoms with E-state index in [0.717, 1.165) is 11.3 Å². The van der Waals surface area contributed by atoms with Gasteiger partial charge in [0, 0.05) is 0 Å². The van der Waals surface area contributed by atoms with Crippen molar-refractivity contribution in [3.8, 4) is 22.8 Å². The summed E-state index contributed by atoms with van der Waals surface area (Å²) in [6.45, 7) is 0. The first-order valence-corrected chi connectivity index (χ1v) is 8.20. The Morgan fingerprint density at radius 2 is 1.35 bits per heavy atom. The number of para-hydroxylation sites is 2. The Balaban J connectivity index is 2.07. The summed E-state index contributed by atoms with van der Waals surface area (Å²) in [6.07, 6.45) is 0. The van der Waals surface area contributed by atoms with Crippen molar-refractivity contribution < 1.29 is 14.5 Å². The van der Waals surface area contributed by atoms with Gasteiger partial charge in [-0.25, -0.2) is 4.79 Å². The van der Waals surface area contributed by atoms with Crippen LogP contribution in [-0.4, -0.2) is 20.9 Å². The van der Waals surface area contributed by atoms with E-state index in [1.165, 1.54) is 4.68 Å². The molecule has 0 aliphatic heterocycles. The zero-order valence-electron chi connectivity index (χ0n) is 13.9. The highest BCUT2D eigenvalue weighted by molar-refractivity contribution is 5.83. The van der Waals surface area contributed by atoms with Crippen molar-refractivity contribution in [2.75, 3.05) is 0 Å². The Hall–Kier alpha value is -3.73. The average molecular weight is 342 g/mol. The van der Waals surface area contributed by atoms with Crippen LogP contribution in [-0.2, 0) is 0 Å². The molecule has 5 heteroatoms. The summed E-state index contributed by atoms with van der Waals surface area (Å²) in [6, 6.07) is 28.2. The first kappa shape index (κ1) is 15.8. The van der Waals surface area contributed by atoms with Crippen LogP contribution in [0, 0.1) is 0 Å². The lowest BCUT2D eigenvalue weighted by molar-refractivity contribution is -0.587. The summed E-state index contributed by atoms with van der Waals surface area (Å²) in [5, 5.41) is 14.6. The number of hydrogen-bond acceptors (Lipinski definition) is 2. The molecule has 0 aliphatic carbocycles. The lowest BCUT2D eigenvalue weighted by Gasteiger charge is -2.02. The van der Waals surface area contributed by atoms with Crippen LogP contribution in [0.3, 0.4) is 0 Å². The number of carbonyl (C=O) groups is 1. The molecule has 4 aromatic rings. The lowest BCUT2D eigenvalue weighted by Crippen LogP contribution is -2.39. The predicted molar refractivity (Wildman–Crippen MR) is 97.5 cm³/mol. The van der Waals surface area contributed by atoms with E-state index in [0.29, 0.717) is 11.5 Å². The van der Waals surface area contributed by atoms with Crippen LogP contribution in [0.1, 0.15) is 10.6 Å². The SMILES string of the molecule is O=C(O)c1n(-c2ccccc2)nc(-c2ccccc2)[n+]1-c1ccccc1. The molecule has 0 fully saturated rings. The first-order valence-electron chi connectivity index (χ1n) is 8.20. The Morgan fingerprint density at radius 1 is 0.808 bits per heavy atom. The zero-order chi connectivity index (χ0) is 17.9. The number of aromatic nitrogens is 3. The van der Waals surface area contributed by atoms with Gasteiger partial charge in [-0.15, -0.1) is 0 Å². The molecule has 5 nitrogen and oxygen atoms in total. The largest absolute Gasteiger partial charge is 0.473 e. The molecule has 0 aliphatic rings. The van der Waals surface area contributed by atoms with Gasteiger partial charge >= 0.3 is 17.6 Å². The van der Waals surface area contributed by atoms with Gasteiger partial charge < -0.3 is 5.11 Å². The van der Waals surface area contributed by atoms with Crippen LogP contribution in [0.2, 0.25) is 0 Å². The van der Waals surface area contributed by atoms with E-state index in [9.17, 15) is 9.90 Å². The second-order valence-corrected chi connectivity index (χ2v) is 5.74. The lowest BCUT2D eigenvalue weighted by atomic mass is 10.2. The number of benzene rings is 3. The van der Waals surface area contributed by atoms with Gasteiger partial charge in [0.25, 0.3) is 0 Å². The minimum Gasteiger partial charge on any atom is -0.473 e. The number of carboxylic acid groups (broad SMARTS) is 1. The Bertz CT molecular complexity index is 1040. The first-order chi connectivity index (χ1) is 12.8. The van der Waals surface area contributed by atoms with Crippen LogP contribution < -0.4 is 4.57 Å². The number of aromatic carboxylic acids is 1. The van der Waals surface area contributed by atoms with Crippen molar-refractivity contribution in [3.63, 3.8) is 0 Å². The number of nitrogens with zero attached hydrogens (tertiary/aromatic N) is 3. The molecule has 1 N–H and O–H groups in total. The van der Waals surface area contributed by atoms with E-state index >= 15 is 0 Å². The van der Waals surface area contributed by atoms with Crippen molar-refractivity contribution in [1.82, 2.24) is 9.78 Å². The van der Waals surface area contributed by atoms with Crippen LogP contribution in [0.4, 0.5) is 0 Å². The second kappa shape index (κ2) is 6.64. The molecule has 0 bridgehead atoms. The zero-order valence-corrected chi connectivity index (χ0v) is 13.9. The second-order valence-electron chi connectivity index (χ2n) is 5.74. The summed E-state index contributed by atoms with van der Waals surface area (Å²) >= 11 is 0. The number of carboxylic acids is 1. The topological polar surface area (TPSA) is 59.0 Å². The van der Waals surface area contributed by atoms with Gasteiger partial charge in [0.05, 0.1) is 10.7 Å². The molecule has 0 spiro atoms. The van der Waals surface area contributed by atoms with E-state index in [-0.39, 0.29) is 5.82 Å². The molecule has 4 rings (SSSR count). The maximum absolute atomic E-state index is 12.2. The van der Waals surface area contributed by atoms with Gasteiger partial charge in [-0.3, -0.25) is 0 Å². The normalized spacial score (nSPS) is 10.6. The minimum absolute atomic E-state index is 0.0706. The van der Waals surface area contributed by atoms with Gasteiger partial charge in [-0.1, -0.05) is 59.3 Å². The van der Waals surface area contributed by atoms with E-state index in [1.807, 2.05) is 91.0 Å². The van der Waals surface area contributed by atoms with Gasteiger partial charge in [0.15, 0.2) is 0 Å². The Kier molecular flexibility index (Phi) is 4.03. The summed E-state index contributed by atoms with van der Waals surface area (Å²) < 4.78 is 3.14. The molecule has 0 radical (unpaired) electrons. The van der Waals surface area contributed by atoms with Crippen LogP contribution in [0.15, 0.2) is 91.0 Å². The van der Waals surface area contributed by atoms with Crippen molar-refractivity contribution in [3.05, 3.63) is 96.8 Å². The fourth-order valence-electron chi connectivity index (χ4n) is 2.91. The maximum atomic E-state index is 12.2. The van der Waals surface area contributed by atoms with Crippen LogP contribution >= 0.6 is 0 Å². The minimum atomic E-state index is -1.05. The molecule has 0 atom stereocenters. The van der Waals surface area contributed by atoms with Crippen molar-refractivity contribution >= 4 is 5.97 Å². The molecule has 3 aromatic carbocycles. The number of rotatable bonds is 4. The Morgan fingerprint density at radius 3 is 1.92 bits per heavy atom. The molecule has 1 heterocycles. The molecule has 0 amide bonds. The quantitative estimate of drug-likeness (QED) is 0.577. The summed E-state index contributed by atoms with van der Waals surface area (Å²) in [5.74, 6) is -0.410. The van der Waals surface area contributed by atoms with Crippen molar-refractivity contribution in [1.29, 1.82) is 0 Å². The highest BCUT2D eigenvalue weighted by Crippen LogP contribution is 2.19. The molecule has 0 saturated heterocycles. The van der Waals surface area contributed by atoms with E-state index < -0.39 is 5.97 Å². The summed E-state index contributed by atoms with van der Waals surface area (Å²) in [4.78, 5) is 12.2. The maximum Gasteiger partial charge on any atom is 0.406 e. The molecule has 0 unspecified atom stereocenters. The molecular formula is C21H16N3O2+. The summed E-state index contributed by atoms with van der Waals surface area (Å²) in [7, 11) is 0. The smallest absolute Gasteiger partial charge is 0.406 e. The van der Waals surface area contributed by atoms with Gasteiger partial charge in [-0.2, -0.15) is 4.57 Å². The Labute approximate surface area is 150 Å². The summed E-state index contributed by atoms with van der Waals surface area (Å²) in [5.41, 5.74) is 2.27. The predicted octanol–water partition coefficient (Wildman–Crippen LogP) is 3.51. The monoisotopic (exact) mass is 342 g/mol. The van der Waals surface area contributed by atoms with E-state index in [4.69, 9.17) is 0 Å². The molecule has 26 heavy (non-hydrogen) atoms. The standard InChI is InChI=1S/C21H15N3O2/c25-21(26)20-23(17-12-6-2-7-13-17)19(16-10-4-1-5-11-16)22-24(20)18-14-8-3-9-15-18/h1-15H/p+1. The van der Waals surface area contributed by atoms with E-state index in [1.54, 1.807) is 4.57 Å². The molecular weight excluding hydrogens is 326 g/mol. The molecule has 1 aromatic heterocycles. The van der Waals surface area contributed by atoms with Crippen LogP contribution in [0.25, 0.3) is 22.8 Å². The highest BCUT2D eigenvalue weighted by Gasteiger charge is 2.34. The van der Waals surface area contributed by atoms with E-state index in [2.05, 4.69) is 5.10 Å². The molecule has 126 valence electrons.